The minimum Gasteiger partial charge on any atom is -0.372 e. The molecule has 0 aromatic carbocycles. The van der Waals surface area contributed by atoms with E-state index < -0.39 is 12.8 Å². The summed E-state index contributed by atoms with van der Waals surface area (Å²) >= 11 is 5.03. The van der Waals surface area contributed by atoms with Gasteiger partial charge in [-0.1, -0.05) is 0 Å². The van der Waals surface area contributed by atoms with E-state index in [2.05, 4.69) is 26.0 Å². The highest BCUT2D eigenvalue weighted by Crippen LogP contribution is 2.22. The lowest BCUT2D eigenvalue weighted by Gasteiger charge is -2.07. The van der Waals surface area contributed by atoms with Gasteiger partial charge in [0.1, 0.15) is 6.61 Å². The van der Waals surface area contributed by atoms with Gasteiger partial charge < -0.3 is 10.1 Å². The Morgan fingerprint density at radius 3 is 2.76 bits per heavy atom. The Morgan fingerprint density at radius 1 is 1.41 bits per heavy atom. The van der Waals surface area contributed by atoms with Crippen molar-refractivity contribution in [3.63, 3.8) is 0 Å². The fourth-order valence-electron chi connectivity index (χ4n) is 1.14. The maximum absolute atomic E-state index is 11.7. The van der Waals surface area contributed by atoms with Crippen molar-refractivity contribution in [1.82, 2.24) is 5.32 Å². The maximum atomic E-state index is 11.7. The Morgan fingerprint density at radius 2 is 2.18 bits per heavy atom. The molecule has 17 heavy (non-hydrogen) atoms. The lowest BCUT2D eigenvalue weighted by Crippen LogP contribution is -2.20. The first-order valence-corrected chi connectivity index (χ1v) is 6.73. The van der Waals surface area contributed by atoms with E-state index in [0.29, 0.717) is 13.0 Å². The van der Waals surface area contributed by atoms with Crippen LogP contribution < -0.4 is 5.32 Å². The van der Waals surface area contributed by atoms with Crippen LogP contribution in [-0.2, 0) is 11.3 Å². The molecule has 0 aliphatic rings. The molecule has 0 aliphatic carbocycles. The molecule has 1 aromatic rings. The second kappa shape index (κ2) is 7.35. The van der Waals surface area contributed by atoms with Gasteiger partial charge in [0.25, 0.3) is 0 Å². The third kappa shape index (κ3) is 7.03. The lowest BCUT2D eigenvalue weighted by molar-refractivity contribution is -0.173. The molecule has 7 heteroatoms. The van der Waals surface area contributed by atoms with Crippen LogP contribution in [0.4, 0.5) is 13.2 Å². The molecule has 1 N–H and O–H groups in total. The highest BCUT2D eigenvalue weighted by Gasteiger charge is 2.27. The highest BCUT2D eigenvalue weighted by atomic mass is 79.9. The normalized spacial score (nSPS) is 12.0. The summed E-state index contributed by atoms with van der Waals surface area (Å²) < 4.78 is 40.7. The van der Waals surface area contributed by atoms with E-state index in [-0.39, 0.29) is 6.61 Å². The van der Waals surface area contributed by atoms with Gasteiger partial charge in [-0.15, -0.1) is 11.3 Å². The zero-order chi connectivity index (χ0) is 12.7. The predicted molar refractivity (Wildman–Crippen MR) is 65.2 cm³/mol. The van der Waals surface area contributed by atoms with E-state index in [4.69, 9.17) is 0 Å². The Bertz CT molecular complexity index is 330. The molecule has 1 aromatic heterocycles. The van der Waals surface area contributed by atoms with Gasteiger partial charge in [-0.3, -0.25) is 0 Å². The fraction of sp³-hybridized carbons (Fsp3) is 0.600. The number of halogens is 4. The molecule has 0 atom stereocenters. The van der Waals surface area contributed by atoms with E-state index in [0.717, 1.165) is 11.0 Å². The zero-order valence-corrected chi connectivity index (χ0v) is 11.4. The molecule has 0 amide bonds. The van der Waals surface area contributed by atoms with Crippen molar-refractivity contribution < 1.29 is 17.9 Å². The van der Waals surface area contributed by atoms with Crippen molar-refractivity contribution in [1.29, 1.82) is 0 Å². The first-order valence-electron chi connectivity index (χ1n) is 5.06. The number of alkyl halides is 3. The number of hydrogen-bond acceptors (Lipinski definition) is 3. The molecule has 1 rings (SSSR count). The summed E-state index contributed by atoms with van der Waals surface area (Å²) in [4.78, 5) is 1.18. The molecule has 0 saturated heterocycles. The van der Waals surface area contributed by atoms with E-state index in [1.54, 1.807) is 11.3 Å². The molecule has 0 spiro atoms. The number of ether oxygens (including phenoxy) is 1. The summed E-state index contributed by atoms with van der Waals surface area (Å²) in [7, 11) is 0. The van der Waals surface area contributed by atoms with Crippen molar-refractivity contribution in [2.75, 3.05) is 19.8 Å². The number of rotatable bonds is 7. The van der Waals surface area contributed by atoms with Crippen LogP contribution in [0.5, 0.6) is 0 Å². The second-order valence-corrected chi connectivity index (χ2v) is 5.24. The maximum Gasteiger partial charge on any atom is 0.411 e. The second-order valence-electron chi connectivity index (χ2n) is 3.39. The van der Waals surface area contributed by atoms with Gasteiger partial charge in [0.2, 0.25) is 0 Å². The highest BCUT2D eigenvalue weighted by molar-refractivity contribution is 9.10. The van der Waals surface area contributed by atoms with Crippen LogP contribution in [0.1, 0.15) is 11.3 Å². The quantitative estimate of drug-likeness (QED) is 0.771. The Balaban J connectivity index is 1.97. The molecule has 0 aliphatic heterocycles. The number of nitrogens with one attached hydrogen (secondary N) is 1. The van der Waals surface area contributed by atoms with Crippen LogP contribution in [0.3, 0.4) is 0 Å². The molecule has 1 heterocycles. The Labute approximate surface area is 110 Å². The van der Waals surface area contributed by atoms with Gasteiger partial charge in [0, 0.05) is 22.5 Å². The summed E-state index contributed by atoms with van der Waals surface area (Å²) in [6, 6.07) is 1.97. The molecule has 0 bridgehead atoms. The van der Waals surface area contributed by atoms with E-state index in [1.165, 1.54) is 4.88 Å². The first-order chi connectivity index (χ1) is 7.99. The molecule has 98 valence electrons. The minimum absolute atomic E-state index is 0.123. The van der Waals surface area contributed by atoms with Crippen LogP contribution in [0.2, 0.25) is 0 Å². The average molecular weight is 332 g/mol. The fourth-order valence-corrected chi connectivity index (χ4v) is 2.60. The smallest absolute Gasteiger partial charge is 0.372 e. The van der Waals surface area contributed by atoms with Crippen molar-refractivity contribution in [2.24, 2.45) is 0 Å². The third-order valence-corrected chi connectivity index (χ3v) is 3.81. The monoisotopic (exact) mass is 331 g/mol. The predicted octanol–water partition coefficient (Wildman–Crippen LogP) is 3.57. The molecule has 2 nitrogen and oxygen atoms in total. The van der Waals surface area contributed by atoms with Gasteiger partial charge in [-0.2, -0.15) is 13.2 Å². The molecular weight excluding hydrogens is 319 g/mol. The molecule has 0 fully saturated rings. The molecular formula is C10H13BrF3NOS. The zero-order valence-electron chi connectivity index (χ0n) is 9.02. The Hall–Kier alpha value is -0.110. The van der Waals surface area contributed by atoms with Gasteiger partial charge in [0.15, 0.2) is 0 Å². The van der Waals surface area contributed by atoms with Crippen molar-refractivity contribution in [3.8, 4) is 0 Å². The van der Waals surface area contributed by atoms with Gasteiger partial charge in [0.05, 0.1) is 0 Å². The summed E-state index contributed by atoms with van der Waals surface area (Å²) in [6.07, 6.45) is -3.66. The first kappa shape index (κ1) is 14.9. The standard InChI is InChI=1S/C10H13BrF3NOS/c11-8-2-5-17-9(8)6-15-3-1-4-16-7-10(12,13)14/h2,5,15H,1,3-4,6-7H2. The van der Waals surface area contributed by atoms with Gasteiger partial charge in [-0.05, 0) is 40.3 Å². The van der Waals surface area contributed by atoms with Crippen molar-refractivity contribution in [2.45, 2.75) is 19.1 Å². The minimum atomic E-state index is -4.23. The van der Waals surface area contributed by atoms with Crippen LogP contribution in [-0.4, -0.2) is 25.9 Å². The largest absolute Gasteiger partial charge is 0.411 e. The molecule has 0 radical (unpaired) electrons. The molecule has 0 unspecified atom stereocenters. The third-order valence-electron chi connectivity index (χ3n) is 1.88. The van der Waals surface area contributed by atoms with Gasteiger partial charge >= 0.3 is 6.18 Å². The van der Waals surface area contributed by atoms with Crippen molar-refractivity contribution in [3.05, 3.63) is 20.8 Å². The van der Waals surface area contributed by atoms with Crippen molar-refractivity contribution >= 4 is 27.3 Å². The molecule has 0 saturated carbocycles. The van der Waals surface area contributed by atoms with Gasteiger partial charge in [-0.25, -0.2) is 0 Å². The number of hydrogen-bond donors (Lipinski definition) is 1. The topological polar surface area (TPSA) is 21.3 Å². The summed E-state index contributed by atoms with van der Waals surface area (Å²) in [5, 5.41) is 5.13. The summed E-state index contributed by atoms with van der Waals surface area (Å²) in [6.45, 7) is 0.321. The van der Waals surface area contributed by atoms with Crippen LogP contribution >= 0.6 is 27.3 Å². The summed E-state index contributed by atoms with van der Waals surface area (Å²) in [5.41, 5.74) is 0. The Kier molecular flexibility index (Phi) is 6.47. The van der Waals surface area contributed by atoms with Crippen LogP contribution in [0, 0.1) is 0 Å². The van der Waals surface area contributed by atoms with Crippen LogP contribution in [0.25, 0.3) is 0 Å². The van der Waals surface area contributed by atoms with Crippen LogP contribution in [0.15, 0.2) is 15.9 Å². The SMILES string of the molecule is FC(F)(F)COCCCNCc1sccc1Br. The lowest BCUT2D eigenvalue weighted by atomic mass is 10.4. The van der Waals surface area contributed by atoms with E-state index in [1.807, 2.05) is 11.4 Å². The van der Waals surface area contributed by atoms with E-state index >= 15 is 0 Å². The van der Waals surface area contributed by atoms with E-state index in [9.17, 15) is 13.2 Å². The number of thiophene rings is 1. The summed E-state index contributed by atoms with van der Waals surface area (Å²) in [5.74, 6) is 0. The average Bonchev–Trinajstić information content (AvgIpc) is 2.61.